The van der Waals surface area contributed by atoms with Gasteiger partial charge in [-0.2, -0.15) is 0 Å². The van der Waals surface area contributed by atoms with E-state index in [0.29, 0.717) is 5.06 Å². The molecule has 1 aliphatic heterocycles. The monoisotopic (exact) mass is 115 g/mol. The number of nitrogens with zero attached hydrogens (tertiary/aromatic N) is 1. The van der Waals surface area contributed by atoms with E-state index in [-0.39, 0.29) is 18.8 Å². The van der Waals surface area contributed by atoms with Crippen LogP contribution in [0.15, 0.2) is 0 Å². The molecule has 1 saturated heterocycles. The van der Waals surface area contributed by atoms with Gasteiger partial charge in [-0.05, 0) is 0 Å². The molecule has 0 spiro atoms. The molecule has 0 amide bonds. The molecule has 4 nitrogen and oxygen atoms in total. The summed E-state index contributed by atoms with van der Waals surface area (Å²) in [7, 11) is 0. The number of nitrogens with one attached hydrogen (secondary N) is 1. The first-order valence-electron chi connectivity index (χ1n) is 2.40. The smallest absolute Gasteiger partial charge is 0.0878 e. The summed E-state index contributed by atoms with van der Waals surface area (Å²) in [5, 5.41) is 26.3. The Morgan fingerprint density at radius 2 is 2.50 bits per heavy atom. The molecule has 0 aromatic rings. The maximum atomic E-state index is 10.3. The summed E-state index contributed by atoms with van der Waals surface area (Å²) in [6.07, 6.45) is -0.399. The van der Waals surface area contributed by atoms with Gasteiger partial charge in [0, 0.05) is 13.0 Å². The molecule has 4 heteroatoms. The minimum Gasteiger partial charge on any atom is -0.757 e. The van der Waals surface area contributed by atoms with Crippen molar-refractivity contribution in [1.82, 2.24) is 5.06 Å². The molecule has 1 rings (SSSR count). The number of aliphatic hydroxyl groups is 1. The summed E-state index contributed by atoms with van der Waals surface area (Å²) in [5.74, 6) is -0.0162. The molecule has 0 aromatic carbocycles. The molecule has 1 fully saturated rings. The van der Waals surface area contributed by atoms with Gasteiger partial charge in [-0.15, -0.1) is 0 Å². The fraction of sp³-hybridized carbons (Fsp3) is 0.750. The Bertz CT molecular complexity index is 115. The van der Waals surface area contributed by atoms with E-state index in [0.717, 1.165) is 0 Å². The Morgan fingerprint density at radius 1 is 1.88 bits per heavy atom. The summed E-state index contributed by atoms with van der Waals surface area (Å²) in [6.45, 7) is 0.0683. The highest BCUT2D eigenvalue weighted by Crippen LogP contribution is 2.07. The van der Waals surface area contributed by atoms with Gasteiger partial charge >= 0.3 is 0 Å². The predicted molar refractivity (Wildman–Crippen MR) is 28.4 cm³/mol. The molecule has 8 heavy (non-hydrogen) atoms. The van der Waals surface area contributed by atoms with Crippen molar-refractivity contribution in [2.45, 2.75) is 12.5 Å². The van der Waals surface area contributed by atoms with Crippen LogP contribution in [0, 0.1) is 10.6 Å². The van der Waals surface area contributed by atoms with Crippen molar-refractivity contribution >= 4 is 5.84 Å². The first-order valence-corrected chi connectivity index (χ1v) is 2.40. The average molecular weight is 115 g/mol. The van der Waals surface area contributed by atoms with Crippen molar-refractivity contribution in [3.63, 3.8) is 0 Å². The number of amidine groups is 1. The third kappa shape index (κ3) is 0.801. The summed E-state index contributed by atoms with van der Waals surface area (Å²) >= 11 is 0. The predicted octanol–water partition coefficient (Wildman–Crippen LogP) is -0.472. The van der Waals surface area contributed by atoms with Gasteiger partial charge in [0.05, 0.1) is 11.9 Å². The molecule has 1 aliphatic rings. The number of hydrogen-bond acceptors (Lipinski definition) is 3. The van der Waals surface area contributed by atoms with Crippen molar-refractivity contribution < 1.29 is 5.11 Å². The van der Waals surface area contributed by atoms with Gasteiger partial charge in [0.25, 0.3) is 0 Å². The second kappa shape index (κ2) is 1.72. The zero-order chi connectivity index (χ0) is 6.15. The van der Waals surface area contributed by atoms with E-state index < -0.39 is 6.10 Å². The Labute approximate surface area is 46.8 Å². The van der Waals surface area contributed by atoms with E-state index in [2.05, 4.69) is 0 Å². The molecule has 0 aliphatic carbocycles. The normalized spacial score (nSPS) is 29.5. The van der Waals surface area contributed by atoms with E-state index in [9.17, 15) is 5.21 Å². The van der Waals surface area contributed by atoms with Crippen LogP contribution in [0.5, 0.6) is 0 Å². The second-order valence-electron chi connectivity index (χ2n) is 1.87. The SMILES string of the molecule is N=C1CC(O)CN1[O-]. The number of hydrogen-bond donors (Lipinski definition) is 2. The van der Waals surface area contributed by atoms with E-state index >= 15 is 0 Å². The molecule has 0 saturated carbocycles. The van der Waals surface area contributed by atoms with Gasteiger partial charge < -0.3 is 15.4 Å². The molecule has 46 valence electrons. The van der Waals surface area contributed by atoms with Crippen LogP contribution in [0.3, 0.4) is 0 Å². The van der Waals surface area contributed by atoms with Gasteiger partial charge in [0.2, 0.25) is 0 Å². The lowest BCUT2D eigenvalue weighted by atomic mass is 10.3. The molecule has 0 bridgehead atoms. The van der Waals surface area contributed by atoms with Gasteiger partial charge in [0.15, 0.2) is 0 Å². The second-order valence-corrected chi connectivity index (χ2v) is 1.87. The van der Waals surface area contributed by atoms with Crippen LogP contribution in [-0.2, 0) is 0 Å². The summed E-state index contributed by atoms with van der Waals surface area (Å²) in [5.41, 5.74) is 0. The average Bonchev–Trinajstić information content (AvgIpc) is 1.85. The van der Waals surface area contributed by atoms with E-state index in [1.807, 2.05) is 0 Å². The largest absolute Gasteiger partial charge is 0.757 e. The maximum Gasteiger partial charge on any atom is 0.0878 e. The zero-order valence-corrected chi connectivity index (χ0v) is 4.29. The van der Waals surface area contributed by atoms with Crippen molar-refractivity contribution in [3.05, 3.63) is 5.21 Å². The van der Waals surface area contributed by atoms with Crippen molar-refractivity contribution in [1.29, 1.82) is 5.41 Å². The Balaban J connectivity index is 2.51. The molecule has 1 atom stereocenters. The Kier molecular flexibility index (Phi) is 1.19. The third-order valence-electron chi connectivity index (χ3n) is 1.11. The molecule has 1 unspecified atom stereocenters. The van der Waals surface area contributed by atoms with Crippen LogP contribution in [0.4, 0.5) is 0 Å². The first kappa shape index (κ1) is 5.53. The van der Waals surface area contributed by atoms with Crippen LogP contribution >= 0.6 is 0 Å². The van der Waals surface area contributed by atoms with Crippen LogP contribution in [0.1, 0.15) is 6.42 Å². The quantitative estimate of drug-likeness (QED) is 0.448. The lowest BCUT2D eigenvalue weighted by Gasteiger charge is -2.22. The number of aliphatic hydroxyl groups excluding tert-OH is 1. The molecule has 0 radical (unpaired) electrons. The number of β-amino-alcohol motifs (C(OH)–C–C–N with tert-alkyl or cyclic N) is 1. The van der Waals surface area contributed by atoms with Gasteiger partial charge in [-0.25, -0.2) is 0 Å². The maximum absolute atomic E-state index is 10.3. The third-order valence-corrected chi connectivity index (χ3v) is 1.11. The molecular formula is C4H7N2O2-. The minimum atomic E-state index is -0.611. The lowest BCUT2D eigenvalue weighted by Crippen LogP contribution is -2.17. The van der Waals surface area contributed by atoms with Gasteiger partial charge in [-0.3, -0.25) is 5.41 Å². The fourth-order valence-corrected chi connectivity index (χ4v) is 0.691. The highest BCUT2D eigenvalue weighted by Gasteiger charge is 2.17. The van der Waals surface area contributed by atoms with Gasteiger partial charge in [0.1, 0.15) is 0 Å². The van der Waals surface area contributed by atoms with Crippen molar-refractivity contribution in [2.24, 2.45) is 0 Å². The zero-order valence-electron chi connectivity index (χ0n) is 4.29. The van der Waals surface area contributed by atoms with Gasteiger partial charge in [-0.1, -0.05) is 0 Å². The van der Waals surface area contributed by atoms with E-state index in [1.165, 1.54) is 0 Å². The van der Waals surface area contributed by atoms with Crippen LogP contribution in [0.25, 0.3) is 0 Å². The molecule has 2 N–H and O–H groups in total. The van der Waals surface area contributed by atoms with Crippen molar-refractivity contribution in [2.75, 3.05) is 6.54 Å². The topological polar surface area (TPSA) is 70.4 Å². The number of rotatable bonds is 0. The standard InChI is InChI=1S/C4H7N2O2/c5-4-1-3(7)2-6(4)8/h3,5,7H,1-2H2/q-1. The Hall–Kier alpha value is -0.610. The minimum absolute atomic E-state index is 0.0162. The molecule has 0 aromatic heterocycles. The van der Waals surface area contributed by atoms with Crippen LogP contribution < -0.4 is 0 Å². The highest BCUT2D eigenvalue weighted by atomic mass is 16.5. The van der Waals surface area contributed by atoms with Crippen LogP contribution in [0.2, 0.25) is 0 Å². The molecular weight excluding hydrogens is 108 g/mol. The fourth-order valence-electron chi connectivity index (χ4n) is 0.691. The van der Waals surface area contributed by atoms with Crippen molar-refractivity contribution in [3.8, 4) is 0 Å². The van der Waals surface area contributed by atoms with E-state index in [4.69, 9.17) is 10.5 Å². The van der Waals surface area contributed by atoms with Crippen LogP contribution in [-0.4, -0.2) is 28.7 Å². The van der Waals surface area contributed by atoms with E-state index in [1.54, 1.807) is 0 Å². The first-order chi connectivity index (χ1) is 3.70. The molecule has 1 heterocycles. The summed E-state index contributed by atoms with van der Waals surface area (Å²) < 4.78 is 0. The number of hydroxylamine groups is 2. The Morgan fingerprint density at radius 3 is 2.62 bits per heavy atom. The highest BCUT2D eigenvalue weighted by molar-refractivity contribution is 5.82. The summed E-state index contributed by atoms with van der Waals surface area (Å²) in [4.78, 5) is 0. The summed E-state index contributed by atoms with van der Waals surface area (Å²) in [6, 6.07) is 0. The lowest BCUT2D eigenvalue weighted by molar-refractivity contribution is 0.186.